The maximum absolute atomic E-state index is 11.5. The van der Waals surface area contributed by atoms with E-state index in [0.29, 0.717) is 5.88 Å². The van der Waals surface area contributed by atoms with E-state index < -0.39 is 10.0 Å². The molecule has 0 aliphatic carbocycles. The fourth-order valence-corrected chi connectivity index (χ4v) is 2.59. The van der Waals surface area contributed by atoms with Gasteiger partial charge in [-0.05, 0) is 18.1 Å². The third kappa shape index (κ3) is 4.44. The molecule has 0 saturated carbocycles. The van der Waals surface area contributed by atoms with Gasteiger partial charge in [0.2, 0.25) is 10.0 Å². The predicted molar refractivity (Wildman–Crippen MR) is 59.3 cm³/mol. The standard InChI is InChI=1S/C8H12ClN3O2S/c1-7(5-9)6-15(13,14)12-8-3-2-4-10-11-8/h2-4,7H,5-6H2,1H3,(H,11,12). The lowest BCUT2D eigenvalue weighted by Gasteiger charge is -2.09. The normalized spacial score (nSPS) is 13.5. The zero-order chi connectivity index (χ0) is 11.3. The molecule has 1 atom stereocenters. The van der Waals surface area contributed by atoms with Crippen molar-refractivity contribution in [3.05, 3.63) is 18.3 Å². The Kier molecular flexibility index (Phi) is 4.28. The van der Waals surface area contributed by atoms with Crippen LogP contribution in [0.25, 0.3) is 0 Å². The van der Waals surface area contributed by atoms with Crippen molar-refractivity contribution < 1.29 is 8.42 Å². The summed E-state index contributed by atoms with van der Waals surface area (Å²) in [5.41, 5.74) is 0. The molecular formula is C8H12ClN3O2S. The zero-order valence-electron chi connectivity index (χ0n) is 8.22. The smallest absolute Gasteiger partial charge is 0.234 e. The van der Waals surface area contributed by atoms with E-state index >= 15 is 0 Å². The molecule has 0 radical (unpaired) electrons. The lowest BCUT2D eigenvalue weighted by molar-refractivity contribution is 0.588. The summed E-state index contributed by atoms with van der Waals surface area (Å²) >= 11 is 5.54. The highest BCUT2D eigenvalue weighted by molar-refractivity contribution is 7.92. The van der Waals surface area contributed by atoms with Crippen LogP contribution in [0.1, 0.15) is 6.92 Å². The second kappa shape index (κ2) is 5.27. The highest BCUT2D eigenvalue weighted by Gasteiger charge is 2.15. The van der Waals surface area contributed by atoms with Crippen molar-refractivity contribution in [2.75, 3.05) is 16.4 Å². The maximum Gasteiger partial charge on any atom is 0.234 e. The van der Waals surface area contributed by atoms with Gasteiger partial charge >= 0.3 is 0 Å². The van der Waals surface area contributed by atoms with Crippen LogP contribution in [0.5, 0.6) is 0 Å². The number of nitrogens with one attached hydrogen (secondary N) is 1. The minimum Gasteiger partial charge on any atom is -0.266 e. The quantitative estimate of drug-likeness (QED) is 0.793. The van der Waals surface area contributed by atoms with Gasteiger partial charge in [0.1, 0.15) is 0 Å². The number of hydrogen-bond acceptors (Lipinski definition) is 4. The molecular weight excluding hydrogens is 238 g/mol. The number of anilines is 1. The number of sulfonamides is 1. The van der Waals surface area contributed by atoms with Gasteiger partial charge < -0.3 is 0 Å². The molecule has 1 rings (SSSR count). The van der Waals surface area contributed by atoms with Crippen molar-refractivity contribution >= 4 is 27.4 Å². The molecule has 0 spiro atoms. The summed E-state index contributed by atoms with van der Waals surface area (Å²) in [6, 6.07) is 3.14. The molecule has 0 aromatic carbocycles. The molecule has 0 aliphatic rings. The Labute approximate surface area is 93.9 Å². The van der Waals surface area contributed by atoms with Crippen molar-refractivity contribution in [1.82, 2.24) is 10.2 Å². The minimum absolute atomic E-state index is 0.0208. The van der Waals surface area contributed by atoms with Gasteiger partial charge in [0.05, 0.1) is 5.75 Å². The molecule has 1 aromatic heterocycles. The first kappa shape index (κ1) is 12.2. The van der Waals surface area contributed by atoms with Crippen LogP contribution in [0.15, 0.2) is 18.3 Å². The van der Waals surface area contributed by atoms with E-state index in [2.05, 4.69) is 14.9 Å². The predicted octanol–water partition coefficient (Wildman–Crippen LogP) is 1.09. The van der Waals surface area contributed by atoms with Crippen molar-refractivity contribution in [3.8, 4) is 0 Å². The first-order valence-corrected chi connectivity index (χ1v) is 6.56. The van der Waals surface area contributed by atoms with E-state index in [9.17, 15) is 8.42 Å². The number of hydrogen-bond donors (Lipinski definition) is 1. The molecule has 0 amide bonds. The summed E-state index contributed by atoms with van der Waals surface area (Å²) in [7, 11) is -3.38. The Morgan fingerprint density at radius 3 is 2.87 bits per heavy atom. The summed E-state index contributed by atoms with van der Waals surface area (Å²) in [5.74, 6) is 0.411. The van der Waals surface area contributed by atoms with E-state index in [-0.39, 0.29) is 17.5 Å². The Morgan fingerprint density at radius 1 is 1.60 bits per heavy atom. The zero-order valence-corrected chi connectivity index (χ0v) is 9.79. The highest BCUT2D eigenvalue weighted by atomic mass is 35.5. The van der Waals surface area contributed by atoms with Crippen LogP contribution < -0.4 is 4.72 Å². The summed E-state index contributed by atoms with van der Waals surface area (Å²) in [4.78, 5) is 0. The Bertz CT molecular complexity index is 396. The van der Waals surface area contributed by atoms with Gasteiger partial charge in [0, 0.05) is 12.1 Å². The van der Waals surface area contributed by atoms with E-state index in [1.807, 2.05) is 0 Å². The fourth-order valence-electron chi connectivity index (χ4n) is 0.976. The highest BCUT2D eigenvalue weighted by Crippen LogP contribution is 2.07. The van der Waals surface area contributed by atoms with Gasteiger partial charge in [0.25, 0.3) is 0 Å². The number of rotatable bonds is 5. The van der Waals surface area contributed by atoms with Crippen LogP contribution in [0, 0.1) is 5.92 Å². The SMILES string of the molecule is CC(CCl)CS(=O)(=O)Nc1cccnn1. The second-order valence-electron chi connectivity index (χ2n) is 3.25. The molecule has 0 bridgehead atoms. The Balaban J connectivity index is 2.65. The fraction of sp³-hybridized carbons (Fsp3) is 0.500. The topological polar surface area (TPSA) is 72.0 Å². The maximum atomic E-state index is 11.5. The molecule has 7 heteroatoms. The summed E-state index contributed by atoms with van der Waals surface area (Å²) in [6.45, 7) is 1.77. The molecule has 15 heavy (non-hydrogen) atoms. The minimum atomic E-state index is -3.38. The number of alkyl halides is 1. The van der Waals surface area contributed by atoms with E-state index in [1.54, 1.807) is 13.0 Å². The lowest BCUT2D eigenvalue weighted by atomic mass is 10.3. The molecule has 84 valence electrons. The van der Waals surface area contributed by atoms with Crippen LogP contribution in [-0.2, 0) is 10.0 Å². The molecule has 1 heterocycles. The Hall–Kier alpha value is -0.880. The van der Waals surface area contributed by atoms with Crippen LogP contribution in [-0.4, -0.2) is 30.2 Å². The second-order valence-corrected chi connectivity index (χ2v) is 5.33. The largest absolute Gasteiger partial charge is 0.266 e. The van der Waals surface area contributed by atoms with Gasteiger partial charge in [0.15, 0.2) is 5.82 Å². The molecule has 5 nitrogen and oxygen atoms in total. The molecule has 1 aromatic rings. The van der Waals surface area contributed by atoms with Gasteiger partial charge in [-0.3, -0.25) is 4.72 Å². The van der Waals surface area contributed by atoms with Crippen molar-refractivity contribution in [3.63, 3.8) is 0 Å². The number of nitrogens with zero attached hydrogens (tertiary/aromatic N) is 2. The van der Waals surface area contributed by atoms with E-state index in [4.69, 9.17) is 11.6 Å². The van der Waals surface area contributed by atoms with E-state index in [0.717, 1.165) is 0 Å². The first-order chi connectivity index (χ1) is 7.03. The molecule has 1 N–H and O–H groups in total. The monoisotopic (exact) mass is 249 g/mol. The first-order valence-electron chi connectivity index (χ1n) is 4.37. The molecule has 0 aliphatic heterocycles. The van der Waals surface area contributed by atoms with Crippen molar-refractivity contribution in [2.24, 2.45) is 5.92 Å². The third-order valence-corrected chi connectivity index (χ3v) is 3.65. The molecule has 1 unspecified atom stereocenters. The van der Waals surface area contributed by atoms with Crippen LogP contribution >= 0.6 is 11.6 Å². The summed E-state index contributed by atoms with van der Waals surface area (Å²) in [5, 5.41) is 7.19. The average Bonchev–Trinajstić information content (AvgIpc) is 2.17. The summed E-state index contributed by atoms with van der Waals surface area (Å²) < 4.78 is 25.4. The van der Waals surface area contributed by atoms with Crippen molar-refractivity contribution in [2.45, 2.75) is 6.92 Å². The van der Waals surface area contributed by atoms with Crippen LogP contribution in [0.3, 0.4) is 0 Å². The number of aromatic nitrogens is 2. The van der Waals surface area contributed by atoms with Crippen LogP contribution in [0.2, 0.25) is 0 Å². The van der Waals surface area contributed by atoms with Gasteiger partial charge in [-0.15, -0.1) is 16.7 Å². The average molecular weight is 250 g/mol. The lowest BCUT2D eigenvalue weighted by Crippen LogP contribution is -2.22. The number of halogens is 1. The summed E-state index contributed by atoms with van der Waals surface area (Å²) in [6.07, 6.45) is 1.47. The van der Waals surface area contributed by atoms with E-state index in [1.165, 1.54) is 12.3 Å². The van der Waals surface area contributed by atoms with Crippen LogP contribution in [0.4, 0.5) is 5.82 Å². The third-order valence-electron chi connectivity index (χ3n) is 1.60. The van der Waals surface area contributed by atoms with Gasteiger partial charge in [-0.2, -0.15) is 5.10 Å². The van der Waals surface area contributed by atoms with Gasteiger partial charge in [-0.25, -0.2) is 8.42 Å². The Morgan fingerprint density at radius 2 is 2.33 bits per heavy atom. The van der Waals surface area contributed by atoms with Crippen molar-refractivity contribution in [1.29, 1.82) is 0 Å². The molecule has 0 saturated heterocycles. The van der Waals surface area contributed by atoms with Gasteiger partial charge in [-0.1, -0.05) is 6.92 Å². The molecule has 0 fully saturated rings.